The van der Waals surface area contributed by atoms with E-state index < -0.39 is 18.2 Å². The standard InChI is InChI=1S/C9H7ClN2O4/c10-8-5(7(14)6(13)2-11)1-4(3-12-8)9(15)16/h1,3,6-7,13-14H,(H,15,16). The molecule has 0 saturated heterocycles. The number of carboxylic acids is 1. The van der Waals surface area contributed by atoms with Crippen molar-refractivity contribution in [2.45, 2.75) is 12.2 Å². The number of nitriles is 1. The predicted molar refractivity (Wildman–Crippen MR) is 52.8 cm³/mol. The number of aliphatic hydroxyl groups excluding tert-OH is 2. The Morgan fingerprint density at radius 1 is 1.56 bits per heavy atom. The lowest BCUT2D eigenvalue weighted by Crippen LogP contribution is -2.17. The monoisotopic (exact) mass is 242 g/mol. The molecule has 1 heterocycles. The first-order valence-corrected chi connectivity index (χ1v) is 4.49. The lowest BCUT2D eigenvalue weighted by atomic mass is 10.1. The van der Waals surface area contributed by atoms with Crippen LogP contribution in [0.1, 0.15) is 22.0 Å². The molecular weight excluding hydrogens is 236 g/mol. The molecule has 0 bridgehead atoms. The molecule has 1 aromatic rings. The van der Waals surface area contributed by atoms with Gasteiger partial charge in [0.05, 0.1) is 11.6 Å². The molecule has 0 spiro atoms. The summed E-state index contributed by atoms with van der Waals surface area (Å²) in [5, 5.41) is 35.5. The maximum atomic E-state index is 10.6. The molecule has 2 unspecified atom stereocenters. The van der Waals surface area contributed by atoms with Crippen LogP contribution >= 0.6 is 11.6 Å². The summed E-state index contributed by atoms with van der Waals surface area (Å²) in [5.74, 6) is -1.25. The normalized spacial score (nSPS) is 13.9. The quantitative estimate of drug-likeness (QED) is 0.520. The summed E-state index contributed by atoms with van der Waals surface area (Å²) in [4.78, 5) is 14.2. The van der Waals surface area contributed by atoms with Gasteiger partial charge < -0.3 is 15.3 Å². The van der Waals surface area contributed by atoms with E-state index in [-0.39, 0.29) is 16.3 Å². The number of carbonyl (C=O) groups is 1. The first kappa shape index (κ1) is 12.4. The molecule has 0 radical (unpaired) electrons. The van der Waals surface area contributed by atoms with Crippen LogP contribution < -0.4 is 0 Å². The highest BCUT2D eigenvalue weighted by atomic mass is 35.5. The molecule has 1 aromatic heterocycles. The zero-order valence-corrected chi connectivity index (χ0v) is 8.59. The number of hydrogen-bond acceptors (Lipinski definition) is 5. The van der Waals surface area contributed by atoms with E-state index in [4.69, 9.17) is 27.1 Å². The topological polar surface area (TPSA) is 114 Å². The largest absolute Gasteiger partial charge is 0.478 e. The van der Waals surface area contributed by atoms with E-state index in [1.165, 1.54) is 6.07 Å². The van der Waals surface area contributed by atoms with Gasteiger partial charge in [-0.1, -0.05) is 11.6 Å². The van der Waals surface area contributed by atoms with Gasteiger partial charge >= 0.3 is 5.97 Å². The molecule has 7 heteroatoms. The summed E-state index contributed by atoms with van der Waals surface area (Å²) in [6.07, 6.45) is -2.27. The van der Waals surface area contributed by atoms with E-state index in [0.717, 1.165) is 12.3 Å². The Labute approximate surface area is 95.4 Å². The third kappa shape index (κ3) is 2.46. The van der Waals surface area contributed by atoms with Gasteiger partial charge in [-0.25, -0.2) is 9.78 Å². The van der Waals surface area contributed by atoms with Crippen LogP contribution in [-0.4, -0.2) is 32.4 Å². The molecular formula is C9H7ClN2O4. The average Bonchev–Trinajstić information content (AvgIpc) is 2.27. The fourth-order valence-electron chi connectivity index (χ4n) is 1.03. The Bertz CT molecular complexity index is 457. The summed E-state index contributed by atoms with van der Waals surface area (Å²) in [7, 11) is 0. The molecule has 6 nitrogen and oxygen atoms in total. The van der Waals surface area contributed by atoms with Crippen molar-refractivity contribution in [2.75, 3.05) is 0 Å². The highest BCUT2D eigenvalue weighted by molar-refractivity contribution is 6.30. The second kappa shape index (κ2) is 4.90. The Kier molecular flexibility index (Phi) is 3.79. The van der Waals surface area contributed by atoms with E-state index in [2.05, 4.69) is 4.98 Å². The van der Waals surface area contributed by atoms with E-state index >= 15 is 0 Å². The zero-order chi connectivity index (χ0) is 12.3. The van der Waals surface area contributed by atoms with Crippen molar-refractivity contribution in [2.24, 2.45) is 0 Å². The fraction of sp³-hybridized carbons (Fsp3) is 0.222. The minimum Gasteiger partial charge on any atom is -0.478 e. The van der Waals surface area contributed by atoms with Crippen LogP contribution in [0.5, 0.6) is 0 Å². The predicted octanol–water partition coefficient (Wildman–Crippen LogP) is 0.351. The molecule has 3 N–H and O–H groups in total. The molecule has 0 fully saturated rings. The van der Waals surface area contributed by atoms with Crippen molar-refractivity contribution in [1.29, 1.82) is 5.26 Å². The second-order valence-electron chi connectivity index (χ2n) is 2.93. The number of hydrogen-bond donors (Lipinski definition) is 3. The maximum Gasteiger partial charge on any atom is 0.337 e. The van der Waals surface area contributed by atoms with Crippen LogP contribution in [0.25, 0.3) is 0 Å². The number of aliphatic hydroxyl groups is 2. The van der Waals surface area contributed by atoms with Crippen LogP contribution in [0.15, 0.2) is 12.3 Å². The van der Waals surface area contributed by atoms with E-state index in [9.17, 15) is 9.90 Å². The van der Waals surface area contributed by atoms with Crippen LogP contribution in [0.4, 0.5) is 0 Å². The Hall–Kier alpha value is -1.68. The zero-order valence-electron chi connectivity index (χ0n) is 7.83. The summed E-state index contributed by atoms with van der Waals surface area (Å²) < 4.78 is 0. The number of pyridine rings is 1. The lowest BCUT2D eigenvalue weighted by molar-refractivity contribution is 0.0523. The minimum atomic E-state index is -1.69. The SMILES string of the molecule is N#CC(O)C(O)c1cc(C(=O)O)cnc1Cl. The molecule has 0 aliphatic heterocycles. The molecule has 1 rings (SSSR count). The molecule has 16 heavy (non-hydrogen) atoms. The van der Waals surface area contributed by atoms with E-state index in [1.54, 1.807) is 0 Å². The van der Waals surface area contributed by atoms with Crippen molar-refractivity contribution in [3.05, 3.63) is 28.5 Å². The number of aromatic nitrogens is 1. The number of nitrogens with zero attached hydrogens (tertiary/aromatic N) is 2. The third-order valence-electron chi connectivity index (χ3n) is 1.86. The average molecular weight is 243 g/mol. The Balaban J connectivity index is 3.17. The van der Waals surface area contributed by atoms with Crippen molar-refractivity contribution in [3.63, 3.8) is 0 Å². The Morgan fingerprint density at radius 3 is 2.69 bits per heavy atom. The van der Waals surface area contributed by atoms with Gasteiger partial charge in [-0.2, -0.15) is 5.26 Å². The first-order chi connectivity index (χ1) is 7.47. The lowest BCUT2D eigenvalue weighted by Gasteiger charge is -2.13. The van der Waals surface area contributed by atoms with Crippen molar-refractivity contribution < 1.29 is 20.1 Å². The van der Waals surface area contributed by atoms with E-state index in [0.29, 0.717) is 0 Å². The molecule has 0 aliphatic rings. The van der Waals surface area contributed by atoms with Gasteiger partial charge in [-0.15, -0.1) is 0 Å². The minimum absolute atomic E-state index is 0.101. The van der Waals surface area contributed by atoms with Gasteiger partial charge in [0.2, 0.25) is 0 Å². The third-order valence-corrected chi connectivity index (χ3v) is 2.18. The highest BCUT2D eigenvalue weighted by Gasteiger charge is 2.22. The number of aromatic carboxylic acids is 1. The van der Waals surface area contributed by atoms with Gasteiger partial charge in [0.25, 0.3) is 0 Å². The fourth-order valence-corrected chi connectivity index (χ4v) is 1.25. The summed E-state index contributed by atoms with van der Waals surface area (Å²) >= 11 is 5.61. The smallest absolute Gasteiger partial charge is 0.337 e. The second-order valence-corrected chi connectivity index (χ2v) is 3.29. The van der Waals surface area contributed by atoms with Crippen LogP contribution in [0, 0.1) is 11.3 Å². The van der Waals surface area contributed by atoms with Gasteiger partial charge in [-0.3, -0.25) is 0 Å². The molecule has 84 valence electrons. The summed E-state index contributed by atoms with van der Waals surface area (Å²) in [6, 6.07) is 2.47. The van der Waals surface area contributed by atoms with Gasteiger partial charge in [0.15, 0.2) is 6.10 Å². The first-order valence-electron chi connectivity index (χ1n) is 4.12. The van der Waals surface area contributed by atoms with Gasteiger partial charge in [-0.05, 0) is 6.07 Å². The molecule has 2 atom stereocenters. The van der Waals surface area contributed by atoms with Crippen molar-refractivity contribution in [1.82, 2.24) is 4.98 Å². The number of rotatable bonds is 3. The molecule has 0 amide bonds. The van der Waals surface area contributed by atoms with Crippen LogP contribution in [0.2, 0.25) is 5.15 Å². The number of carboxylic acid groups (broad SMARTS) is 1. The summed E-state index contributed by atoms with van der Waals surface area (Å²) in [6.45, 7) is 0. The van der Waals surface area contributed by atoms with E-state index in [1.807, 2.05) is 0 Å². The highest BCUT2D eigenvalue weighted by Crippen LogP contribution is 2.24. The Morgan fingerprint density at radius 2 is 2.19 bits per heavy atom. The van der Waals surface area contributed by atoms with Gasteiger partial charge in [0.1, 0.15) is 11.3 Å². The molecule has 0 saturated carbocycles. The van der Waals surface area contributed by atoms with Crippen molar-refractivity contribution in [3.8, 4) is 6.07 Å². The van der Waals surface area contributed by atoms with Crippen LogP contribution in [0.3, 0.4) is 0 Å². The maximum absolute atomic E-state index is 10.6. The molecule has 0 aromatic carbocycles. The summed E-state index contributed by atoms with van der Waals surface area (Å²) in [5.41, 5.74) is -0.292. The van der Waals surface area contributed by atoms with Crippen molar-refractivity contribution >= 4 is 17.6 Å². The van der Waals surface area contributed by atoms with Crippen LogP contribution in [-0.2, 0) is 0 Å². The van der Waals surface area contributed by atoms with Gasteiger partial charge in [0, 0.05) is 11.8 Å². The number of halogens is 1. The molecule has 0 aliphatic carbocycles.